The average molecular weight is 335 g/mol. The molecule has 0 fully saturated rings. The maximum absolute atomic E-state index is 12.0. The molecule has 0 heterocycles. The molecule has 0 saturated heterocycles. The van der Waals surface area contributed by atoms with Crippen molar-refractivity contribution in [2.24, 2.45) is 0 Å². The molecule has 118 valence electrons. The predicted molar refractivity (Wildman–Crippen MR) is 97.3 cm³/mol. The van der Waals surface area contributed by atoms with Crippen LogP contribution in [0.1, 0.15) is 10.4 Å². The molecule has 0 N–H and O–H groups in total. The highest BCUT2D eigenvalue weighted by atomic mass is 32.1. The molecule has 0 atom stereocenters. The predicted octanol–water partition coefficient (Wildman–Crippen LogP) is 5.00. The lowest BCUT2D eigenvalue weighted by atomic mass is 9.89. The summed E-state index contributed by atoms with van der Waals surface area (Å²) in [5.74, 6) is 0. The molecule has 0 aliphatic heterocycles. The first-order chi connectivity index (χ1) is 11.6. The number of nitro groups is 1. The first-order valence-corrected chi connectivity index (χ1v) is 7.70. The van der Waals surface area contributed by atoms with Crippen molar-refractivity contribution in [2.75, 3.05) is 0 Å². The van der Waals surface area contributed by atoms with Gasteiger partial charge in [0, 0.05) is 17.2 Å². The third-order valence-corrected chi connectivity index (χ3v) is 3.98. The Morgan fingerprint density at radius 1 is 0.792 bits per heavy atom. The van der Waals surface area contributed by atoms with E-state index >= 15 is 0 Å². The van der Waals surface area contributed by atoms with Gasteiger partial charge in [-0.2, -0.15) is 0 Å². The summed E-state index contributed by atoms with van der Waals surface area (Å²) in [7, 11) is 0. The molecular weight excluding hydrogens is 322 g/mol. The van der Waals surface area contributed by atoms with E-state index < -0.39 is 10.0 Å². The van der Waals surface area contributed by atoms with E-state index in [1.807, 2.05) is 48.5 Å². The minimum atomic E-state index is -0.430. The normalized spacial score (nSPS) is 10.4. The second-order valence-electron chi connectivity index (χ2n) is 5.18. The smallest absolute Gasteiger partial charge is 0.277 e. The molecule has 0 spiro atoms. The lowest BCUT2D eigenvalue weighted by molar-refractivity contribution is -0.384. The van der Waals surface area contributed by atoms with Crippen LogP contribution >= 0.6 is 12.6 Å². The van der Waals surface area contributed by atoms with Gasteiger partial charge >= 0.3 is 0 Å². The molecular formula is C19H13NO3S. The summed E-state index contributed by atoms with van der Waals surface area (Å²) in [6.45, 7) is 0. The Bertz CT molecular complexity index is 832. The highest BCUT2D eigenvalue weighted by Gasteiger charge is 2.24. The summed E-state index contributed by atoms with van der Waals surface area (Å²) >= 11 is 3.94. The fourth-order valence-corrected chi connectivity index (χ4v) is 2.91. The standard InChI is InChI=1S/C19H13NO3S/c21-19(24)15-11-12-16(20(22)23)18(14-9-5-2-6-10-14)17(15)13-7-3-1-4-8-13/h1-12H,(H,21,24). The van der Waals surface area contributed by atoms with Gasteiger partial charge in [0.2, 0.25) is 5.12 Å². The monoisotopic (exact) mass is 335 g/mol. The van der Waals surface area contributed by atoms with Crippen LogP contribution in [0.2, 0.25) is 0 Å². The molecule has 4 nitrogen and oxygen atoms in total. The topological polar surface area (TPSA) is 60.2 Å². The molecule has 3 aromatic rings. The van der Waals surface area contributed by atoms with Gasteiger partial charge in [-0.1, -0.05) is 60.7 Å². The van der Waals surface area contributed by atoms with E-state index in [4.69, 9.17) is 0 Å². The average Bonchev–Trinajstić information content (AvgIpc) is 2.61. The van der Waals surface area contributed by atoms with Gasteiger partial charge in [0.15, 0.2) is 0 Å². The molecule has 5 heteroatoms. The van der Waals surface area contributed by atoms with Gasteiger partial charge in [-0.15, -0.1) is 12.6 Å². The van der Waals surface area contributed by atoms with E-state index in [1.165, 1.54) is 12.1 Å². The van der Waals surface area contributed by atoms with Crippen LogP contribution in [0.3, 0.4) is 0 Å². The summed E-state index contributed by atoms with van der Waals surface area (Å²) in [6, 6.07) is 21.0. The summed E-state index contributed by atoms with van der Waals surface area (Å²) in [4.78, 5) is 23.1. The molecule has 3 aromatic carbocycles. The van der Waals surface area contributed by atoms with E-state index in [0.717, 1.165) is 5.56 Å². The van der Waals surface area contributed by atoms with Gasteiger partial charge in [0.25, 0.3) is 5.69 Å². The van der Waals surface area contributed by atoms with Crippen molar-refractivity contribution in [3.8, 4) is 22.3 Å². The van der Waals surface area contributed by atoms with Crippen molar-refractivity contribution in [2.45, 2.75) is 0 Å². The van der Waals surface area contributed by atoms with Gasteiger partial charge in [0.1, 0.15) is 0 Å². The van der Waals surface area contributed by atoms with Gasteiger partial charge < -0.3 is 0 Å². The number of benzene rings is 3. The second kappa shape index (κ2) is 6.68. The number of nitrogens with zero attached hydrogens (tertiary/aromatic N) is 1. The van der Waals surface area contributed by atoms with Crippen LogP contribution in [-0.4, -0.2) is 10.0 Å². The second-order valence-corrected chi connectivity index (χ2v) is 5.58. The van der Waals surface area contributed by atoms with Crippen LogP contribution in [0.15, 0.2) is 72.8 Å². The highest BCUT2D eigenvalue weighted by molar-refractivity contribution is 7.97. The number of rotatable bonds is 4. The first-order valence-electron chi connectivity index (χ1n) is 7.25. The third-order valence-electron chi connectivity index (χ3n) is 3.74. The summed E-state index contributed by atoms with van der Waals surface area (Å²) in [5.41, 5.74) is 2.66. The van der Waals surface area contributed by atoms with Crippen molar-refractivity contribution in [1.82, 2.24) is 0 Å². The van der Waals surface area contributed by atoms with Crippen LogP contribution in [0, 0.1) is 10.1 Å². The molecule has 0 aromatic heterocycles. The van der Waals surface area contributed by atoms with Gasteiger partial charge in [-0.3, -0.25) is 14.9 Å². The largest absolute Gasteiger partial charge is 0.282 e. The van der Waals surface area contributed by atoms with E-state index in [1.54, 1.807) is 12.1 Å². The minimum absolute atomic E-state index is 0.0432. The number of thiol groups is 1. The number of carbonyl (C=O) groups is 1. The van der Waals surface area contributed by atoms with E-state index in [2.05, 4.69) is 12.6 Å². The molecule has 0 saturated carbocycles. The van der Waals surface area contributed by atoms with Crippen molar-refractivity contribution in [1.29, 1.82) is 0 Å². The van der Waals surface area contributed by atoms with E-state index in [-0.39, 0.29) is 5.69 Å². The Hall–Kier alpha value is -2.92. The lowest BCUT2D eigenvalue weighted by Gasteiger charge is -2.14. The Kier molecular flexibility index (Phi) is 4.44. The molecule has 0 amide bonds. The Morgan fingerprint density at radius 3 is 1.75 bits per heavy atom. The Balaban J connectivity index is 2.45. The SMILES string of the molecule is O=C(S)c1ccc([N+](=O)[O-])c(-c2ccccc2)c1-c1ccccc1. The quantitative estimate of drug-likeness (QED) is 0.415. The zero-order valence-electron chi connectivity index (χ0n) is 12.5. The van der Waals surface area contributed by atoms with Gasteiger partial charge in [-0.05, 0) is 17.2 Å². The van der Waals surface area contributed by atoms with Crippen molar-refractivity contribution >= 4 is 23.4 Å². The fraction of sp³-hybridized carbons (Fsp3) is 0. The zero-order valence-corrected chi connectivity index (χ0v) is 13.4. The molecule has 24 heavy (non-hydrogen) atoms. The van der Waals surface area contributed by atoms with Crippen LogP contribution in [0.25, 0.3) is 22.3 Å². The summed E-state index contributed by atoms with van der Waals surface area (Å²) < 4.78 is 0. The minimum Gasteiger partial charge on any atom is -0.282 e. The van der Waals surface area contributed by atoms with Crippen LogP contribution in [0.4, 0.5) is 5.69 Å². The number of nitro benzene ring substituents is 1. The summed E-state index contributed by atoms with van der Waals surface area (Å²) in [5, 5.41) is 11.1. The maximum atomic E-state index is 12.0. The molecule has 0 aliphatic carbocycles. The maximum Gasteiger partial charge on any atom is 0.277 e. The Morgan fingerprint density at radius 2 is 1.29 bits per heavy atom. The van der Waals surface area contributed by atoms with Crippen molar-refractivity contribution < 1.29 is 9.72 Å². The molecule has 0 unspecified atom stereocenters. The molecule has 0 radical (unpaired) electrons. The molecule has 0 bridgehead atoms. The number of hydrogen-bond acceptors (Lipinski definition) is 3. The van der Waals surface area contributed by atoms with Crippen molar-refractivity contribution in [3.63, 3.8) is 0 Å². The zero-order chi connectivity index (χ0) is 17.1. The lowest BCUT2D eigenvalue weighted by Crippen LogP contribution is -2.01. The molecule has 3 rings (SSSR count). The number of hydrogen-bond donors (Lipinski definition) is 1. The highest BCUT2D eigenvalue weighted by Crippen LogP contribution is 2.41. The first kappa shape index (κ1) is 16.0. The van der Waals surface area contributed by atoms with E-state index in [9.17, 15) is 14.9 Å². The Labute approximate surface area is 144 Å². The van der Waals surface area contributed by atoms with Gasteiger partial charge in [0.05, 0.1) is 10.5 Å². The van der Waals surface area contributed by atoms with Gasteiger partial charge in [-0.25, -0.2) is 0 Å². The fourth-order valence-electron chi connectivity index (χ4n) is 2.72. The van der Waals surface area contributed by atoms with Crippen LogP contribution < -0.4 is 0 Å². The van der Waals surface area contributed by atoms with E-state index in [0.29, 0.717) is 22.3 Å². The third kappa shape index (κ3) is 2.94. The van der Waals surface area contributed by atoms with Crippen LogP contribution in [-0.2, 0) is 0 Å². The van der Waals surface area contributed by atoms with Crippen molar-refractivity contribution in [3.05, 3.63) is 88.5 Å². The number of carbonyl (C=O) groups excluding carboxylic acids is 1. The van der Waals surface area contributed by atoms with Crippen LogP contribution in [0.5, 0.6) is 0 Å². The summed E-state index contributed by atoms with van der Waals surface area (Å²) in [6.07, 6.45) is 0. The molecule has 0 aliphatic rings.